The molecule has 40 heavy (non-hydrogen) atoms. The molecule has 0 spiro atoms. The SMILES string of the molecule is CC(=O)Nc1ccc(C23CC4CC(C2)CC(C25CC6CC(CC(c7ccc(NC(C)=O)cc7)(C6)C2)C5)(C4)C3)cc1. The lowest BCUT2D eigenvalue weighted by Gasteiger charge is -2.74. The van der Waals surface area contributed by atoms with Crippen molar-refractivity contribution in [3.63, 3.8) is 0 Å². The molecule has 0 radical (unpaired) electrons. The van der Waals surface area contributed by atoms with Gasteiger partial charge in [0.05, 0.1) is 0 Å². The van der Waals surface area contributed by atoms with Gasteiger partial charge < -0.3 is 10.6 Å². The van der Waals surface area contributed by atoms with Crippen LogP contribution in [0.3, 0.4) is 0 Å². The summed E-state index contributed by atoms with van der Waals surface area (Å²) < 4.78 is 0. The van der Waals surface area contributed by atoms with Gasteiger partial charge in [-0.25, -0.2) is 0 Å². The van der Waals surface area contributed by atoms with Crippen LogP contribution in [0.15, 0.2) is 48.5 Å². The Hall–Kier alpha value is -2.62. The number of hydrogen-bond acceptors (Lipinski definition) is 2. The first-order valence-electron chi connectivity index (χ1n) is 15.9. The fourth-order valence-electron chi connectivity index (χ4n) is 12.7. The molecule has 210 valence electrons. The van der Waals surface area contributed by atoms with Crippen molar-refractivity contribution in [1.82, 2.24) is 0 Å². The van der Waals surface area contributed by atoms with Crippen LogP contribution >= 0.6 is 0 Å². The number of hydrogen-bond donors (Lipinski definition) is 2. The van der Waals surface area contributed by atoms with Gasteiger partial charge in [-0.1, -0.05) is 24.3 Å². The number of amides is 2. The first-order valence-corrected chi connectivity index (χ1v) is 15.9. The minimum atomic E-state index is 0.00186. The third kappa shape index (κ3) is 3.70. The van der Waals surface area contributed by atoms with Gasteiger partial charge in [-0.15, -0.1) is 0 Å². The van der Waals surface area contributed by atoms with Gasteiger partial charge in [0, 0.05) is 25.2 Å². The molecule has 0 heterocycles. The minimum Gasteiger partial charge on any atom is -0.326 e. The van der Waals surface area contributed by atoms with Crippen LogP contribution in [0.4, 0.5) is 11.4 Å². The second-order valence-corrected chi connectivity index (χ2v) is 15.6. The van der Waals surface area contributed by atoms with Gasteiger partial charge in [0.15, 0.2) is 0 Å². The molecule has 8 aliphatic rings. The highest BCUT2D eigenvalue weighted by Crippen LogP contribution is 2.78. The summed E-state index contributed by atoms with van der Waals surface area (Å²) in [6, 6.07) is 18.0. The minimum absolute atomic E-state index is 0.00186. The molecule has 4 atom stereocenters. The van der Waals surface area contributed by atoms with E-state index in [4.69, 9.17) is 0 Å². The van der Waals surface area contributed by atoms with Crippen LogP contribution in [0.5, 0.6) is 0 Å². The van der Waals surface area contributed by atoms with Crippen LogP contribution in [0.1, 0.15) is 102 Å². The van der Waals surface area contributed by atoms with Crippen molar-refractivity contribution >= 4 is 23.2 Å². The monoisotopic (exact) mass is 536 g/mol. The first kappa shape index (κ1) is 25.1. The van der Waals surface area contributed by atoms with E-state index in [0.29, 0.717) is 21.7 Å². The molecule has 8 bridgehead atoms. The number of carbonyl (C=O) groups excluding carboxylic acids is 2. The lowest BCUT2D eigenvalue weighted by molar-refractivity contribution is -0.212. The molecule has 4 nitrogen and oxygen atoms in total. The van der Waals surface area contributed by atoms with E-state index >= 15 is 0 Å². The van der Waals surface area contributed by atoms with Crippen LogP contribution in [-0.2, 0) is 20.4 Å². The Morgan fingerprint density at radius 3 is 1.18 bits per heavy atom. The highest BCUT2D eigenvalue weighted by atomic mass is 16.2. The molecule has 0 saturated heterocycles. The average molecular weight is 537 g/mol. The molecule has 8 saturated carbocycles. The third-order valence-electron chi connectivity index (χ3n) is 12.9. The maximum atomic E-state index is 11.6. The number of rotatable bonds is 5. The zero-order valence-corrected chi connectivity index (χ0v) is 24.2. The molecule has 2 aromatic carbocycles. The summed E-state index contributed by atoms with van der Waals surface area (Å²) >= 11 is 0. The van der Waals surface area contributed by atoms with E-state index in [1.54, 1.807) is 13.8 Å². The van der Waals surface area contributed by atoms with Crippen LogP contribution < -0.4 is 10.6 Å². The number of anilines is 2. The summed E-state index contributed by atoms with van der Waals surface area (Å²) in [5, 5.41) is 5.95. The molecule has 4 heteroatoms. The second-order valence-electron chi connectivity index (χ2n) is 15.6. The maximum absolute atomic E-state index is 11.6. The van der Waals surface area contributed by atoms with Crippen LogP contribution in [0.2, 0.25) is 0 Å². The van der Waals surface area contributed by atoms with E-state index in [1.807, 2.05) is 0 Å². The average Bonchev–Trinajstić information content (AvgIpc) is 2.87. The van der Waals surface area contributed by atoms with E-state index in [-0.39, 0.29) is 11.8 Å². The topological polar surface area (TPSA) is 58.2 Å². The highest BCUT2D eigenvalue weighted by molar-refractivity contribution is 5.89. The molecule has 0 aliphatic heterocycles. The summed E-state index contributed by atoms with van der Waals surface area (Å²) in [5.41, 5.74) is 6.50. The summed E-state index contributed by atoms with van der Waals surface area (Å²) in [5.74, 6) is 3.49. The normalized spacial score (nSPS) is 42.1. The summed E-state index contributed by atoms with van der Waals surface area (Å²) in [6.07, 6.45) is 17.0. The van der Waals surface area contributed by atoms with E-state index < -0.39 is 0 Å². The predicted molar refractivity (Wildman–Crippen MR) is 159 cm³/mol. The molecule has 4 unspecified atom stereocenters. The van der Waals surface area contributed by atoms with Crippen LogP contribution in [-0.4, -0.2) is 11.8 Å². The maximum Gasteiger partial charge on any atom is 0.221 e. The van der Waals surface area contributed by atoms with Gasteiger partial charge in [-0.2, -0.15) is 0 Å². The Morgan fingerprint density at radius 2 is 0.875 bits per heavy atom. The van der Waals surface area contributed by atoms with Crippen molar-refractivity contribution in [2.45, 2.75) is 102 Å². The summed E-state index contributed by atoms with van der Waals surface area (Å²) in [6.45, 7) is 3.18. The summed E-state index contributed by atoms with van der Waals surface area (Å²) in [7, 11) is 0. The molecule has 8 aliphatic carbocycles. The number of carbonyl (C=O) groups is 2. The van der Waals surface area contributed by atoms with Gasteiger partial charge in [0.2, 0.25) is 11.8 Å². The highest BCUT2D eigenvalue weighted by Gasteiger charge is 2.70. The van der Waals surface area contributed by atoms with Gasteiger partial charge in [-0.3, -0.25) is 9.59 Å². The molecular formula is C36H44N2O2. The fourth-order valence-corrected chi connectivity index (χ4v) is 12.7. The Labute approximate surface area is 239 Å². The lowest BCUT2D eigenvalue weighted by Crippen LogP contribution is -2.66. The zero-order valence-electron chi connectivity index (χ0n) is 24.2. The van der Waals surface area contributed by atoms with Gasteiger partial charge in [0.25, 0.3) is 0 Å². The predicted octanol–water partition coefficient (Wildman–Crippen LogP) is 7.98. The Kier molecular flexibility index (Phi) is 5.31. The van der Waals surface area contributed by atoms with Crippen molar-refractivity contribution in [1.29, 1.82) is 0 Å². The van der Waals surface area contributed by atoms with E-state index in [1.165, 1.54) is 88.2 Å². The van der Waals surface area contributed by atoms with Gasteiger partial charge in [-0.05, 0) is 158 Å². The second kappa shape index (κ2) is 8.46. The molecule has 2 aromatic rings. The van der Waals surface area contributed by atoms with Gasteiger partial charge in [0.1, 0.15) is 0 Å². The molecule has 2 amide bonds. The zero-order chi connectivity index (χ0) is 27.3. The van der Waals surface area contributed by atoms with E-state index in [0.717, 1.165) is 35.0 Å². The number of nitrogens with one attached hydrogen (secondary N) is 2. The Bertz CT molecular complexity index is 1220. The molecular weight excluding hydrogens is 492 g/mol. The van der Waals surface area contributed by atoms with Crippen molar-refractivity contribution in [2.75, 3.05) is 10.6 Å². The van der Waals surface area contributed by atoms with Crippen LogP contribution in [0, 0.1) is 34.5 Å². The van der Waals surface area contributed by atoms with Crippen molar-refractivity contribution in [3.8, 4) is 0 Å². The molecule has 10 rings (SSSR count). The Morgan fingerprint density at radius 1 is 0.550 bits per heavy atom. The lowest BCUT2D eigenvalue weighted by atomic mass is 9.30. The summed E-state index contributed by atoms with van der Waals surface area (Å²) in [4.78, 5) is 23.3. The third-order valence-corrected chi connectivity index (χ3v) is 12.9. The van der Waals surface area contributed by atoms with Crippen molar-refractivity contribution in [3.05, 3.63) is 59.7 Å². The van der Waals surface area contributed by atoms with Crippen molar-refractivity contribution < 1.29 is 9.59 Å². The van der Waals surface area contributed by atoms with E-state index in [9.17, 15) is 9.59 Å². The van der Waals surface area contributed by atoms with Crippen molar-refractivity contribution in [2.24, 2.45) is 34.5 Å². The smallest absolute Gasteiger partial charge is 0.221 e. The first-order chi connectivity index (χ1) is 19.2. The molecule has 8 fully saturated rings. The molecule has 2 N–H and O–H groups in total. The largest absolute Gasteiger partial charge is 0.326 e. The molecule has 0 aromatic heterocycles. The fraction of sp³-hybridized carbons (Fsp3) is 0.611. The number of benzene rings is 2. The van der Waals surface area contributed by atoms with E-state index in [2.05, 4.69) is 59.2 Å². The quantitative estimate of drug-likeness (QED) is 0.407. The van der Waals surface area contributed by atoms with Gasteiger partial charge >= 0.3 is 0 Å². The standard InChI is InChI=1S/C36H44N2O2/c1-23(39)37-31-7-3-29(4-8-31)33-13-25-11-26(14-33)18-35(17-25,21-33)36-19-27-12-28(20-36)16-34(15-27,22-36)30-5-9-32(10-6-30)38-24(2)40/h3-10,25-28H,11-22H2,1-2H3,(H,37,39)(H,38,40). The van der Waals surface area contributed by atoms with Crippen LogP contribution in [0.25, 0.3) is 0 Å². The Balaban J connectivity index is 1.15.